The highest BCUT2D eigenvalue weighted by molar-refractivity contribution is 6.30. The molecule has 0 amide bonds. The highest BCUT2D eigenvalue weighted by atomic mass is 35.5. The van der Waals surface area contributed by atoms with Gasteiger partial charge in [-0.15, -0.1) is 0 Å². The monoisotopic (exact) mass is 255 g/mol. The van der Waals surface area contributed by atoms with Crippen LogP contribution in [-0.2, 0) is 6.42 Å². The maximum atomic E-state index is 13.1. The predicted molar refractivity (Wildman–Crippen MR) is 69.7 cm³/mol. The summed E-state index contributed by atoms with van der Waals surface area (Å²) in [5.74, 6) is 0.151. The van der Waals surface area contributed by atoms with E-state index < -0.39 is 0 Å². The van der Waals surface area contributed by atoms with E-state index >= 15 is 0 Å². The van der Waals surface area contributed by atoms with Crippen molar-refractivity contribution < 1.29 is 4.39 Å². The van der Waals surface area contributed by atoms with E-state index in [0.29, 0.717) is 5.92 Å². The smallest absolute Gasteiger partial charge is 0.141 e. The molecule has 0 bridgehead atoms. The van der Waals surface area contributed by atoms with Crippen molar-refractivity contribution in [1.29, 1.82) is 0 Å². The molecule has 0 heterocycles. The molecule has 2 rings (SSSR count). The van der Waals surface area contributed by atoms with Crippen molar-refractivity contribution in [3.63, 3.8) is 0 Å². The van der Waals surface area contributed by atoms with Crippen LogP contribution in [0.3, 0.4) is 0 Å². The molecule has 0 aliphatic heterocycles. The van der Waals surface area contributed by atoms with Gasteiger partial charge in [0.1, 0.15) is 5.82 Å². The average molecular weight is 256 g/mol. The fourth-order valence-electron chi connectivity index (χ4n) is 2.73. The van der Waals surface area contributed by atoms with Gasteiger partial charge in [-0.2, -0.15) is 0 Å². The summed E-state index contributed by atoms with van der Waals surface area (Å²) in [6, 6.07) is 4.92. The molecule has 0 aromatic heterocycles. The van der Waals surface area contributed by atoms with Gasteiger partial charge in [-0.1, -0.05) is 37.4 Å². The van der Waals surface area contributed by atoms with Crippen LogP contribution in [0.5, 0.6) is 0 Å². The summed E-state index contributed by atoms with van der Waals surface area (Å²) in [6.45, 7) is 2.21. The van der Waals surface area contributed by atoms with Crippen molar-refractivity contribution in [3.05, 3.63) is 34.6 Å². The summed E-state index contributed by atoms with van der Waals surface area (Å²) >= 11 is 5.80. The van der Waals surface area contributed by atoms with E-state index in [2.05, 4.69) is 6.92 Å². The second kappa shape index (κ2) is 4.95. The van der Waals surface area contributed by atoms with Crippen molar-refractivity contribution in [1.82, 2.24) is 0 Å². The molecule has 1 fully saturated rings. The minimum absolute atomic E-state index is 0.153. The molecule has 2 unspecified atom stereocenters. The molecular weight excluding hydrogens is 237 g/mol. The lowest BCUT2D eigenvalue weighted by molar-refractivity contribution is 0.204. The van der Waals surface area contributed by atoms with Gasteiger partial charge in [0, 0.05) is 5.54 Å². The SMILES string of the molecule is CC1CCCCC1(N)Cc1ccc(F)c(Cl)c1. The van der Waals surface area contributed by atoms with Crippen LogP contribution >= 0.6 is 11.6 Å². The topological polar surface area (TPSA) is 26.0 Å². The quantitative estimate of drug-likeness (QED) is 0.851. The van der Waals surface area contributed by atoms with E-state index in [-0.39, 0.29) is 16.4 Å². The predicted octanol–water partition coefficient (Wildman–Crippen LogP) is 3.93. The largest absolute Gasteiger partial charge is 0.325 e. The van der Waals surface area contributed by atoms with Gasteiger partial charge in [-0.05, 0) is 42.9 Å². The Balaban J connectivity index is 2.16. The molecule has 0 spiro atoms. The first-order valence-electron chi connectivity index (χ1n) is 6.24. The van der Waals surface area contributed by atoms with Crippen molar-refractivity contribution in [2.45, 2.75) is 44.6 Å². The van der Waals surface area contributed by atoms with Crippen molar-refractivity contribution in [3.8, 4) is 0 Å². The van der Waals surface area contributed by atoms with Crippen LogP contribution in [0.25, 0.3) is 0 Å². The highest BCUT2D eigenvalue weighted by Crippen LogP contribution is 2.34. The van der Waals surface area contributed by atoms with E-state index in [1.165, 1.54) is 25.3 Å². The van der Waals surface area contributed by atoms with Gasteiger partial charge in [-0.25, -0.2) is 4.39 Å². The van der Waals surface area contributed by atoms with Gasteiger partial charge in [-0.3, -0.25) is 0 Å². The summed E-state index contributed by atoms with van der Waals surface area (Å²) < 4.78 is 13.1. The Morgan fingerprint density at radius 1 is 1.47 bits per heavy atom. The zero-order valence-electron chi connectivity index (χ0n) is 10.2. The summed E-state index contributed by atoms with van der Waals surface area (Å²) in [5, 5.41) is 0.189. The zero-order chi connectivity index (χ0) is 12.5. The lowest BCUT2D eigenvalue weighted by Crippen LogP contribution is -2.49. The van der Waals surface area contributed by atoms with Crippen LogP contribution in [0, 0.1) is 11.7 Å². The number of hydrogen-bond donors (Lipinski definition) is 1. The van der Waals surface area contributed by atoms with Gasteiger partial charge < -0.3 is 5.73 Å². The van der Waals surface area contributed by atoms with E-state index in [1.807, 2.05) is 0 Å². The second-order valence-corrected chi connectivity index (χ2v) is 5.71. The normalized spacial score (nSPS) is 29.3. The Labute approximate surface area is 107 Å². The number of nitrogens with two attached hydrogens (primary N) is 1. The Kier molecular flexibility index (Phi) is 3.74. The van der Waals surface area contributed by atoms with Gasteiger partial charge in [0.15, 0.2) is 0 Å². The van der Waals surface area contributed by atoms with Crippen LogP contribution in [0.15, 0.2) is 18.2 Å². The van der Waals surface area contributed by atoms with Gasteiger partial charge in [0.05, 0.1) is 5.02 Å². The Morgan fingerprint density at radius 2 is 2.24 bits per heavy atom. The van der Waals surface area contributed by atoms with E-state index in [4.69, 9.17) is 17.3 Å². The molecular formula is C14H19ClFN. The molecule has 1 aromatic rings. The maximum Gasteiger partial charge on any atom is 0.141 e. The van der Waals surface area contributed by atoms with Gasteiger partial charge in [0.25, 0.3) is 0 Å². The fraction of sp³-hybridized carbons (Fsp3) is 0.571. The molecule has 17 heavy (non-hydrogen) atoms. The third-order valence-corrected chi connectivity index (χ3v) is 4.32. The van der Waals surface area contributed by atoms with Crippen LogP contribution in [0.1, 0.15) is 38.2 Å². The number of benzene rings is 1. The van der Waals surface area contributed by atoms with E-state index in [0.717, 1.165) is 18.4 Å². The molecule has 1 aliphatic carbocycles. The molecule has 1 saturated carbocycles. The van der Waals surface area contributed by atoms with Crippen molar-refractivity contribution in [2.24, 2.45) is 11.7 Å². The molecule has 3 heteroatoms. The lowest BCUT2D eigenvalue weighted by Gasteiger charge is -2.39. The highest BCUT2D eigenvalue weighted by Gasteiger charge is 2.34. The Bertz CT molecular complexity index is 407. The first kappa shape index (κ1) is 12.8. The minimum atomic E-state index is -0.363. The van der Waals surface area contributed by atoms with E-state index in [1.54, 1.807) is 12.1 Å². The Hall–Kier alpha value is -0.600. The summed E-state index contributed by atoms with van der Waals surface area (Å²) in [4.78, 5) is 0. The molecule has 1 aromatic carbocycles. The lowest BCUT2D eigenvalue weighted by atomic mass is 9.71. The first-order valence-corrected chi connectivity index (χ1v) is 6.62. The standard InChI is InChI=1S/C14H19ClFN/c1-10-4-2-3-7-14(10,17)9-11-5-6-13(16)12(15)8-11/h5-6,8,10H,2-4,7,9,17H2,1H3. The zero-order valence-corrected chi connectivity index (χ0v) is 10.9. The third-order valence-electron chi connectivity index (χ3n) is 4.03. The third kappa shape index (κ3) is 2.80. The molecule has 1 nitrogen and oxygen atoms in total. The van der Waals surface area contributed by atoms with Crippen molar-refractivity contribution in [2.75, 3.05) is 0 Å². The summed E-state index contributed by atoms with van der Waals surface area (Å²) in [5.41, 5.74) is 7.37. The van der Waals surface area contributed by atoms with Crippen LogP contribution in [0.4, 0.5) is 4.39 Å². The summed E-state index contributed by atoms with van der Waals surface area (Å²) in [7, 11) is 0. The molecule has 0 radical (unpaired) electrons. The molecule has 1 aliphatic rings. The summed E-state index contributed by atoms with van der Waals surface area (Å²) in [6.07, 6.45) is 5.48. The molecule has 2 N–H and O–H groups in total. The number of hydrogen-bond acceptors (Lipinski definition) is 1. The number of halogens is 2. The Morgan fingerprint density at radius 3 is 2.88 bits per heavy atom. The molecule has 0 saturated heterocycles. The minimum Gasteiger partial charge on any atom is -0.325 e. The van der Waals surface area contributed by atoms with Crippen LogP contribution in [0.2, 0.25) is 5.02 Å². The number of rotatable bonds is 2. The molecule has 94 valence electrons. The first-order chi connectivity index (χ1) is 8.01. The fourth-order valence-corrected chi connectivity index (χ4v) is 2.93. The van der Waals surface area contributed by atoms with E-state index in [9.17, 15) is 4.39 Å². The van der Waals surface area contributed by atoms with Crippen LogP contribution < -0.4 is 5.73 Å². The van der Waals surface area contributed by atoms with Gasteiger partial charge in [0.2, 0.25) is 0 Å². The van der Waals surface area contributed by atoms with Gasteiger partial charge >= 0.3 is 0 Å². The second-order valence-electron chi connectivity index (χ2n) is 5.31. The molecule has 2 atom stereocenters. The maximum absolute atomic E-state index is 13.1. The average Bonchev–Trinajstić information content (AvgIpc) is 2.28. The van der Waals surface area contributed by atoms with Crippen molar-refractivity contribution >= 4 is 11.6 Å². The van der Waals surface area contributed by atoms with Crippen LogP contribution in [-0.4, -0.2) is 5.54 Å².